The number of nitrogens with zero attached hydrogens (tertiary/aromatic N) is 3. The second-order valence-electron chi connectivity index (χ2n) is 7.32. The number of carbonyl (C=O) groups excluding carboxylic acids is 2. The van der Waals surface area contributed by atoms with E-state index in [9.17, 15) is 9.59 Å². The number of aromatic nitrogens is 3. The molecule has 1 amide bonds. The molecule has 33 heavy (non-hydrogen) atoms. The summed E-state index contributed by atoms with van der Waals surface area (Å²) >= 11 is 2.57. The van der Waals surface area contributed by atoms with Crippen molar-refractivity contribution in [1.29, 1.82) is 0 Å². The molecule has 2 heterocycles. The number of aryl methyl sites for hydroxylation is 2. The average molecular weight is 479 g/mol. The van der Waals surface area contributed by atoms with Gasteiger partial charge in [-0.15, -0.1) is 21.5 Å². The number of nitrogens with one attached hydrogen (secondary N) is 1. The van der Waals surface area contributed by atoms with E-state index in [-0.39, 0.29) is 11.7 Å². The maximum atomic E-state index is 12.8. The largest absolute Gasteiger partial charge is 0.465 e. The molecule has 0 unspecified atom stereocenters. The molecule has 1 N–H and O–H groups in total. The Kier molecular flexibility index (Phi) is 6.90. The lowest BCUT2D eigenvalue weighted by Gasteiger charge is -2.10. The first kappa shape index (κ1) is 22.8. The number of esters is 1. The molecule has 4 aromatic rings. The molecule has 168 valence electrons. The number of benzene rings is 2. The van der Waals surface area contributed by atoms with Gasteiger partial charge in [-0.05, 0) is 37.1 Å². The van der Waals surface area contributed by atoms with Crippen molar-refractivity contribution in [3.05, 3.63) is 76.9 Å². The number of hydrogen-bond acceptors (Lipinski definition) is 7. The standard InChI is InChI=1S/C24H22N4O3S2/c1-15-9-10-16(2)18(11-15)19-12-32-22(21(19)23(30)31-3)26-20(29)13-33-24-27-25-14-28(24)17-7-5-4-6-8-17/h4-12,14H,13H2,1-3H3,(H,26,29). The van der Waals surface area contributed by atoms with Gasteiger partial charge < -0.3 is 10.1 Å². The second-order valence-corrected chi connectivity index (χ2v) is 9.14. The number of ether oxygens (including phenoxy) is 1. The fraction of sp³-hybridized carbons (Fsp3) is 0.167. The van der Waals surface area contributed by atoms with Crippen LogP contribution in [0.4, 0.5) is 5.00 Å². The number of methoxy groups -OCH3 is 1. The SMILES string of the molecule is COC(=O)c1c(-c2cc(C)ccc2C)csc1NC(=O)CSc1nncn1-c1ccccc1. The number of rotatable bonds is 7. The van der Waals surface area contributed by atoms with Gasteiger partial charge in [0.25, 0.3) is 0 Å². The Morgan fingerprint density at radius 1 is 1.12 bits per heavy atom. The molecule has 2 aromatic carbocycles. The smallest absolute Gasteiger partial charge is 0.341 e. The molecule has 0 aliphatic heterocycles. The van der Waals surface area contributed by atoms with Gasteiger partial charge in [-0.2, -0.15) is 0 Å². The van der Waals surface area contributed by atoms with E-state index in [1.807, 2.05) is 72.3 Å². The van der Waals surface area contributed by atoms with E-state index in [4.69, 9.17) is 4.74 Å². The van der Waals surface area contributed by atoms with Crippen molar-refractivity contribution in [2.24, 2.45) is 0 Å². The van der Waals surface area contributed by atoms with Crippen LogP contribution in [0.2, 0.25) is 0 Å². The lowest BCUT2D eigenvalue weighted by molar-refractivity contribution is -0.113. The molecule has 0 radical (unpaired) electrons. The zero-order valence-electron chi connectivity index (χ0n) is 18.4. The Labute approximate surface area is 199 Å². The van der Waals surface area contributed by atoms with E-state index >= 15 is 0 Å². The first-order valence-corrected chi connectivity index (χ1v) is 12.0. The molecule has 7 nitrogen and oxygen atoms in total. The van der Waals surface area contributed by atoms with Crippen molar-refractivity contribution >= 4 is 40.0 Å². The summed E-state index contributed by atoms with van der Waals surface area (Å²) < 4.78 is 6.84. The molecule has 0 bridgehead atoms. The average Bonchev–Trinajstić information content (AvgIpc) is 3.46. The lowest BCUT2D eigenvalue weighted by atomic mass is 9.97. The van der Waals surface area contributed by atoms with Gasteiger partial charge in [-0.1, -0.05) is 53.7 Å². The fourth-order valence-corrected chi connectivity index (χ4v) is 5.05. The second kappa shape index (κ2) is 10.0. The number of hydrogen-bond donors (Lipinski definition) is 1. The zero-order chi connectivity index (χ0) is 23.4. The van der Waals surface area contributed by atoms with E-state index in [1.165, 1.54) is 30.2 Å². The molecule has 0 fully saturated rings. The van der Waals surface area contributed by atoms with Gasteiger partial charge in [0, 0.05) is 16.6 Å². The number of carbonyl (C=O) groups is 2. The predicted molar refractivity (Wildman–Crippen MR) is 131 cm³/mol. The van der Waals surface area contributed by atoms with Gasteiger partial charge in [-0.25, -0.2) is 4.79 Å². The van der Waals surface area contributed by atoms with Gasteiger partial charge in [0.1, 0.15) is 16.9 Å². The van der Waals surface area contributed by atoms with E-state index in [1.54, 1.807) is 6.33 Å². The molecule has 0 atom stereocenters. The van der Waals surface area contributed by atoms with Crippen LogP contribution < -0.4 is 5.32 Å². The van der Waals surface area contributed by atoms with Crippen LogP contribution >= 0.6 is 23.1 Å². The third kappa shape index (κ3) is 4.99. The minimum atomic E-state index is -0.487. The maximum Gasteiger partial charge on any atom is 0.341 e. The monoisotopic (exact) mass is 478 g/mol. The highest BCUT2D eigenvalue weighted by Gasteiger charge is 2.23. The van der Waals surface area contributed by atoms with Crippen LogP contribution in [0.1, 0.15) is 21.5 Å². The first-order chi connectivity index (χ1) is 16.0. The van der Waals surface area contributed by atoms with E-state index < -0.39 is 5.97 Å². The summed E-state index contributed by atoms with van der Waals surface area (Å²) in [6, 6.07) is 15.7. The predicted octanol–water partition coefficient (Wildman–Crippen LogP) is 5.13. The van der Waals surface area contributed by atoms with Crippen molar-refractivity contribution in [2.75, 3.05) is 18.2 Å². The third-order valence-electron chi connectivity index (χ3n) is 5.00. The molecule has 4 rings (SSSR count). The Bertz CT molecular complexity index is 1300. The van der Waals surface area contributed by atoms with E-state index in [0.717, 1.165) is 27.9 Å². The Hall–Kier alpha value is -3.43. The normalized spacial score (nSPS) is 10.8. The first-order valence-electron chi connectivity index (χ1n) is 10.1. The fourth-order valence-electron chi connectivity index (χ4n) is 3.36. The molecule has 0 saturated heterocycles. The zero-order valence-corrected chi connectivity index (χ0v) is 20.0. The highest BCUT2D eigenvalue weighted by Crippen LogP contribution is 2.38. The summed E-state index contributed by atoms with van der Waals surface area (Å²) in [6.07, 6.45) is 1.61. The highest BCUT2D eigenvalue weighted by molar-refractivity contribution is 7.99. The minimum absolute atomic E-state index is 0.114. The number of para-hydroxylation sites is 1. The van der Waals surface area contributed by atoms with Crippen LogP contribution in [-0.2, 0) is 9.53 Å². The van der Waals surface area contributed by atoms with Crippen molar-refractivity contribution < 1.29 is 14.3 Å². The van der Waals surface area contributed by atoms with Crippen molar-refractivity contribution in [3.63, 3.8) is 0 Å². The van der Waals surface area contributed by atoms with Crippen molar-refractivity contribution in [1.82, 2.24) is 14.8 Å². The van der Waals surface area contributed by atoms with Gasteiger partial charge >= 0.3 is 5.97 Å². The van der Waals surface area contributed by atoms with E-state index in [2.05, 4.69) is 15.5 Å². The van der Waals surface area contributed by atoms with Gasteiger partial charge in [0.05, 0.1) is 12.9 Å². The summed E-state index contributed by atoms with van der Waals surface area (Å²) in [6.45, 7) is 3.99. The third-order valence-corrected chi connectivity index (χ3v) is 6.84. The molecule has 9 heteroatoms. The molecular formula is C24H22N4O3S2. The number of thiophene rings is 1. The number of amides is 1. The van der Waals surface area contributed by atoms with Gasteiger partial charge in [-0.3, -0.25) is 9.36 Å². The summed E-state index contributed by atoms with van der Waals surface area (Å²) in [5.41, 5.74) is 5.09. The molecule has 0 spiro atoms. The summed E-state index contributed by atoms with van der Waals surface area (Å²) in [7, 11) is 1.34. The topological polar surface area (TPSA) is 86.1 Å². The molecule has 0 aliphatic carbocycles. The minimum Gasteiger partial charge on any atom is -0.465 e. The molecule has 0 saturated carbocycles. The van der Waals surface area contributed by atoms with Crippen molar-refractivity contribution in [3.8, 4) is 16.8 Å². The summed E-state index contributed by atoms with van der Waals surface area (Å²) in [4.78, 5) is 25.4. The Morgan fingerprint density at radius 2 is 1.91 bits per heavy atom. The maximum absolute atomic E-state index is 12.8. The highest BCUT2D eigenvalue weighted by atomic mass is 32.2. The quantitative estimate of drug-likeness (QED) is 0.293. The lowest BCUT2D eigenvalue weighted by Crippen LogP contribution is -2.16. The van der Waals surface area contributed by atoms with Crippen LogP contribution in [-0.4, -0.2) is 39.5 Å². The molecule has 0 aliphatic rings. The molecular weight excluding hydrogens is 456 g/mol. The summed E-state index contributed by atoms with van der Waals surface area (Å²) in [5.74, 6) is -0.621. The van der Waals surface area contributed by atoms with Crippen molar-refractivity contribution in [2.45, 2.75) is 19.0 Å². The van der Waals surface area contributed by atoms with E-state index in [0.29, 0.717) is 15.7 Å². The van der Waals surface area contributed by atoms with Gasteiger partial charge in [0.15, 0.2) is 5.16 Å². The molecule has 2 aromatic heterocycles. The van der Waals surface area contributed by atoms with Crippen LogP contribution in [0.3, 0.4) is 0 Å². The Morgan fingerprint density at radius 3 is 2.67 bits per heavy atom. The Balaban J connectivity index is 1.53. The van der Waals surface area contributed by atoms with Gasteiger partial charge in [0.2, 0.25) is 5.91 Å². The van der Waals surface area contributed by atoms with Crippen LogP contribution in [0.15, 0.2) is 65.4 Å². The number of anilines is 1. The van der Waals surface area contributed by atoms with Crippen LogP contribution in [0, 0.1) is 13.8 Å². The summed E-state index contributed by atoms with van der Waals surface area (Å²) in [5, 5.41) is 13.9. The number of thioether (sulfide) groups is 1. The van der Waals surface area contributed by atoms with Crippen LogP contribution in [0.5, 0.6) is 0 Å². The van der Waals surface area contributed by atoms with Crippen LogP contribution in [0.25, 0.3) is 16.8 Å².